The summed E-state index contributed by atoms with van der Waals surface area (Å²) in [6, 6.07) is 7.13. The number of aromatic nitrogens is 2. The first kappa shape index (κ1) is 14.5. The van der Waals surface area contributed by atoms with Gasteiger partial charge in [-0.25, -0.2) is 0 Å². The van der Waals surface area contributed by atoms with Crippen LogP contribution in [0, 0.1) is 6.92 Å². The number of rotatable bonds is 2. The van der Waals surface area contributed by atoms with Crippen LogP contribution in [0.25, 0.3) is 0 Å². The molecule has 0 saturated carbocycles. The third kappa shape index (κ3) is 3.24. The first-order valence-corrected chi connectivity index (χ1v) is 8.18. The smallest absolute Gasteiger partial charge is 0.253 e. The molecule has 2 aromatic rings. The largest absolute Gasteiger partial charge is 0.338 e. The maximum absolute atomic E-state index is 12.6. The number of piperidine rings is 1. The summed E-state index contributed by atoms with van der Waals surface area (Å²) >= 11 is 7.59. The van der Waals surface area contributed by atoms with Gasteiger partial charge in [0.1, 0.15) is 10.0 Å². The Bertz CT molecular complexity index is 658. The van der Waals surface area contributed by atoms with Gasteiger partial charge < -0.3 is 4.90 Å². The molecule has 1 fully saturated rings. The number of aryl methyl sites for hydroxylation is 1. The van der Waals surface area contributed by atoms with Crippen LogP contribution >= 0.6 is 22.9 Å². The second kappa shape index (κ2) is 6.12. The molecule has 1 amide bonds. The number of likely N-dealkylation sites (tertiary alicyclic amines) is 1. The molecule has 0 spiro atoms. The minimum Gasteiger partial charge on any atom is -0.338 e. The Hall–Kier alpha value is -1.46. The molecular weight excluding hydrogens is 306 g/mol. The monoisotopic (exact) mass is 321 g/mol. The quantitative estimate of drug-likeness (QED) is 0.850. The summed E-state index contributed by atoms with van der Waals surface area (Å²) in [4.78, 5) is 14.5. The van der Waals surface area contributed by atoms with Crippen molar-refractivity contribution in [1.29, 1.82) is 0 Å². The third-order valence-corrected chi connectivity index (χ3v) is 4.91. The topological polar surface area (TPSA) is 46.1 Å². The molecule has 110 valence electrons. The van der Waals surface area contributed by atoms with Crippen LogP contribution in [-0.4, -0.2) is 34.1 Å². The van der Waals surface area contributed by atoms with E-state index in [0.717, 1.165) is 29.4 Å². The second-order valence-electron chi connectivity index (χ2n) is 5.26. The number of carbonyl (C=O) groups excluding carboxylic acids is 1. The van der Waals surface area contributed by atoms with Crippen LogP contribution in [0.3, 0.4) is 0 Å². The highest BCUT2D eigenvalue weighted by Crippen LogP contribution is 2.29. The molecule has 1 aromatic heterocycles. The Balaban J connectivity index is 1.75. The van der Waals surface area contributed by atoms with Gasteiger partial charge >= 0.3 is 0 Å². The molecule has 0 bridgehead atoms. The van der Waals surface area contributed by atoms with E-state index in [9.17, 15) is 4.79 Å². The Morgan fingerprint density at radius 3 is 3.00 bits per heavy atom. The number of hydrogen-bond donors (Lipinski definition) is 0. The summed E-state index contributed by atoms with van der Waals surface area (Å²) in [5.41, 5.74) is 0.650. The van der Waals surface area contributed by atoms with E-state index in [1.807, 2.05) is 24.0 Å². The lowest BCUT2D eigenvalue weighted by Crippen LogP contribution is -2.39. The van der Waals surface area contributed by atoms with Crippen molar-refractivity contribution in [3.05, 3.63) is 44.9 Å². The second-order valence-corrected chi connectivity index (χ2v) is 6.91. The molecule has 0 unspecified atom stereocenters. The number of amides is 1. The zero-order chi connectivity index (χ0) is 14.8. The van der Waals surface area contributed by atoms with Crippen LogP contribution in [0.1, 0.15) is 39.1 Å². The minimum absolute atomic E-state index is 0.0448. The van der Waals surface area contributed by atoms with Gasteiger partial charge in [0.05, 0.1) is 0 Å². The summed E-state index contributed by atoms with van der Waals surface area (Å²) < 4.78 is 0. The lowest BCUT2D eigenvalue weighted by atomic mass is 9.98. The molecule has 21 heavy (non-hydrogen) atoms. The maximum Gasteiger partial charge on any atom is 0.253 e. The van der Waals surface area contributed by atoms with Crippen molar-refractivity contribution in [3.8, 4) is 0 Å². The van der Waals surface area contributed by atoms with Crippen molar-refractivity contribution in [2.45, 2.75) is 25.7 Å². The van der Waals surface area contributed by atoms with E-state index in [1.165, 1.54) is 0 Å². The summed E-state index contributed by atoms with van der Waals surface area (Å²) in [6.45, 7) is 3.46. The van der Waals surface area contributed by atoms with Crippen LogP contribution in [0.4, 0.5) is 0 Å². The normalized spacial score (nSPS) is 18.8. The van der Waals surface area contributed by atoms with Crippen molar-refractivity contribution >= 4 is 28.8 Å². The molecule has 1 aromatic carbocycles. The molecule has 1 atom stereocenters. The number of benzene rings is 1. The van der Waals surface area contributed by atoms with Crippen LogP contribution in [0.15, 0.2) is 24.3 Å². The first-order valence-electron chi connectivity index (χ1n) is 6.98. The predicted octanol–water partition coefficient (Wildman–Crippen LogP) is 3.52. The van der Waals surface area contributed by atoms with Gasteiger partial charge in [0.15, 0.2) is 0 Å². The van der Waals surface area contributed by atoms with Gasteiger partial charge in [0, 0.05) is 29.6 Å². The average Bonchev–Trinajstić information content (AvgIpc) is 2.93. The number of carbonyl (C=O) groups is 1. The molecule has 0 N–H and O–H groups in total. The van der Waals surface area contributed by atoms with Gasteiger partial charge in [-0.3, -0.25) is 4.79 Å². The van der Waals surface area contributed by atoms with Crippen molar-refractivity contribution in [1.82, 2.24) is 15.1 Å². The molecule has 4 nitrogen and oxygen atoms in total. The van der Waals surface area contributed by atoms with E-state index < -0.39 is 0 Å². The van der Waals surface area contributed by atoms with E-state index in [2.05, 4.69) is 10.2 Å². The standard InChI is InChI=1S/C15H16ClN3OS/c1-10-17-18-14(21-10)12-5-3-7-19(9-12)15(20)11-4-2-6-13(16)8-11/h2,4,6,8,12H,3,5,7,9H2,1H3/t12-/m0/s1. The van der Waals surface area contributed by atoms with Crippen molar-refractivity contribution < 1.29 is 4.79 Å². The highest BCUT2D eigenvalue weighted by Gasteiger charge is 2.27. The summed E-state index contributed by atoms with van der Waals surface area (Å²) in [5.74, 6) is 0.344. The van der Waals surface area contributed by atoms with E-state index >= 15 is 0 Å². The van der Waals surface area contributed by atoms with Crippen molar-refractivity contribution in [3.63, 3.8) is 0 Å². The van der Waals surface area contributed by atoms with E-state index in [0.29, 0.717) is 23.0 Å². The lowest BCUT2D eigenvalue weighted by Gasteiger charge is -2.31. The lowest BCUT2D eigenvalue weighted by molar-refractivity contribution is 0.0707. The fraction of sp³-hybridized carbons (Fsp3) is 0.400. The molecule has 1 aliphatic rings. The molecule has 3 rings (SSSR count). The Morgan fingerprint density at radius 1 is 1.43 bits per heavy atom. The maximum atomic E-state index is 12.6. The van der Waals surface area contributed by atoms with Gasteiger partial charge in [-0.05, 0) is 38.0 Å². The van der Waals surface area contributed by atoms with E-state index in [-0.39, 0.29) is 5.91 Å². The Kier molecular flexibility index (Phi) is 4.22. The molecule has 0 radical (unpaired) electrons. The molecule has 1 saturated heterocycles. The predicted molar refractivity (Wildman–Crippen MR) is 84.0 cm³/mol. The summed E-state index contributed by atoms with van der Waals surface area (Å²) in [7, 11) is 0. The zero-order valence-electron chi connectivity index (χ0n) is 11.8. The highest BCUT2D eigenvalue weighted by atomic mass is 35.5. The van der Waals surface area contributed by atoms with Crippen molar-refractivity contribution in [2.24, 2.45) is 0 Å². The first-order chi connectivity index (χ1) is 10.1. The number of halogens is 1. The molecule has 1 aliphatic heterocycles. The van der Waals surface area contributed by atoms with Crippen LogP contribution in [0.2, 0.25) is 5.02 Å². The highest BCUT2D eigenvalue weighted by molar-refractivity contribution is 7.11. The number of hydrogen-bond acceptors (Lipinski definition) is 4. The summed E-state index contributed by atoms with van der Waals surface area (Å²) in [5, 5.41) is 10.9. The van der Waals surface area contributed by atoms with Crippen LogP contribution < -0.4 is 0 Å². The summed E-state index contributed by atoms with van der Waals surface area (Å²) in [6.07, 6.45) is 2.06. The van der Waals surface area contributed by atoms with E-state index in [4.69, 9.17) is 11.6 Å². The molecule has 2 heterocycles. The van der Waals surface area contributed by atoms with Crippen LogP contribution in [0.5, 0.6) is 0 Å². The SMILES string of the molecule is Cc1nnc([C@H]2CCCN(C(=O)c3cccc(Cl)c3)C2)s1. The van der Waals surface area contributed by atoms with Gasteiger partial charge in [-0.1, -0.05) is 17.7 Å². The fourth-order valence-corrected chi connectivity index (χ4v) is 3.66. The Labute approximate surface area is 132 Å². The van der Waals surface area contributed by atoms with Gasteiger partial charge in [0.25, 0.3) is 5.91 Å². The fourth-order valence-electron chi connectivity index (χ4n) is 2.64. The number of nitrogens with zero attached hydrogens (tertiary/aromatic N) is 3. The zero-order valence-corrected chi connectivity index (χ0v) is 13.3. The molecule has 6 heteroatoms. The van der Waals surface area contributed by atoms with Gasteiger partial charge in [-0.2, -0.15) is 0 Å². The van der Waals surface area contributed by atoms with Gasteiger partial charge in [-0.15, -0.1) is 21.5 Å². The third-order valence-electron chi connectivity index (χ3n) is 3.67. The van der Waals surface area contributed by atoms with Crippen molar-refractivity contribution in [2.75, 3.05) is 13.1 Å². The molecular formula is C15H16ClN3OS. The van der Waals surface area contributed by atoms with Gasteiger partial charge in [0.2, 0.25) is 0 Å². The molecule has 0 aliphatic carbocycles. The Morgan fingerprint density at radius 2 is 2.29 bits per heavy atom. The van der Waals surface area contributed by atoms with E-state index in [1.54, 1.807) is 23.5 Å². The average molecular weight is 322 g/mol. The minimum atomic E-state index is 0.0448. The van der Waals surface area contributed by atoms with Crippen LogP contribution in [-0.2, 0) is 0 Å².